The number of fused-ring (bicyclic) bond motifs is 3. The molecule has 1 aromatic heterocycles. The second-order valence-corrected chi connectivity index (χ2v) is 10.2. The van der Waals surface area contributed by atoms with E-state index >= 15 is 0 Å². The molecule has 1 amide bonds. The quantitative estimate of drug-likeness (QED) is 0.386. The number of nitrogens with zero attached hydrogens (tertiary/aromatic N) is 3. The first kappa shape index (κ1) is 29.7. The van der Waals surface area contributed by atoms with E-state index in [2.05, 4.69) is 9.64 Å². The van der Waals surface area contributed by atoms with Crippen LogP contribution in [0.25, 0.3) is 10.9 Å². The molecular weight excluding hydrogens is 554 g/mol. The van der Waals surface area contributed by atoms with Crippen molar-refractivity contribution in [3.05, 3.63) is 65.1 Å². The number of hydrogen-bond donors (Lipinski definition) is 1. The summed E-state index contributed by atoms with van der Waals surface area (Å²) in [5, 5.41) is 10.1. The summed E-state index contributed by atoms with van der Waals surface area (Å²) >= 11 is 0. The standard InChI is InChI=1S/C28H29F4N3O4.ClH/c29-22-13-19(5-6-25(22)39-28(30,31)32)15-35-23-4-2-1-3-20(23)21-9-12-34(16-24(21)35)26(36)17-33-10-7-18(8-11-33)14-27(37)38;/h1-6,13,18H,7-12,14-17H2,(H,37,38);1H. The number of alkyl halides is 3. The number of piperidine rings is 1. The Hall–Kier alpha value is -3.31. The number of ether oxygens (including phenoxy) is 1. The van der Waals surface area contributed by atoms with Gasteiger partial charge in [0.25, 0.3) is 0 Å². The molecule has 3 aromatic rings. The molecule has 0 radical (unpaired) electrons. The normalized spacial score (nSPS) is 16.4. The maximum atomic E-state index is 14.4. The number of benzene rings is 2. The maximum Gasteiger partial charge on any atom is 0.573 e. The van der Waals surface area contributed by atoms with Crippen molar-refractivity contribution in [1.29, 1.82) is 0 Å². The summed E-state index contributed by atoms with van der Waals surface area (Å²) in [5.74, 6) is -2.64. The van der Waals surface area contributed by atoms with Crippen LogP contribution in [-0.2, 0) is 29.1 Å². The van der Waals surface area contributed by atoms with E-state index in [0.717, 1.165) is 47.1 Å². The summed E-state index contributed by atoms with van der Waals surface area (Å²) in [6.07, 6.45) is -2.67. The van der Waals surface area contributed by atoms with Gasteiger partial charge < -0.3 is 19.3 Å². The van der Waals surface area contributed by atoms with Crippen molar-refractivity contribution in [2.75, 3.05) is 26.2 Å². The summed E-state index contributed by atoms with van der Waals surface area (Å²) in [4.78, 5) is 28.1. The number of likely N-dealkylation sites (tertiary alicyclic amines) is 1. The Kier molecular flexibility index (Phi) is 8.94. The Morgan fingerprint density at radius 2 is 1.77 bits per heavy atom. The summed E-state index contributed by atoms with van der Waals surface area (Å²) < 4.78 is 57.8. The molecule has 1 N–H and O–H groups in total. The molecule has 0 bridgehead atoms. The number of carboxylic acids is 1. The lowest BCUT2D eigenvalue weighted by molar-refractivity contribution is -0.275. The van der Waals surface area contributed by atoms with Gasteiger partial charge in [-0.25, -0.2) is 4.39 Å². The van der Waals surface area contributed by atoms with E-state index in [1.54, 1.807) is 0 Å². The van der Waals surface area contributed by atoms with Crippen LogP contribution in [0.1, 0.15) is 36.1 Å². The number of amides is 1. The first-order valence-corrected chi connectivity index (χ1v) is 12.9. The number of carboxylic acid groups (broad SMARTS) is 1. The highest BCUT2D eigenvalue weighted by molar-refractivity contribution is 5.87. The second-order valence-electron chi connectivity index (χ2n) is 10.2. The molecule has 1 fully saturated rings. The molecule has 2 aliphatic heterocycles. The zero-order valence-corrected chi connectivity index (χ0v) is 22.4. The minimum Gasteiger partial charge on any atom is -0.481 e. The third-order valence-corrected chi connectivity index (χ3v) is 7.61. The number of hydrogen-bond acceptors (Lipinski definition) is 4. The number of aromatic nitrogens is 1. The number of para-hydroxylation sites is 1. The van der Waals surface area contributed by atoms with E-state index in [1.807, 2.05) is 33.7 Å². The lowest BCUT2D eigenvalue weighted by Crippen LogP contribution is -2.45. The van der Waals surface area contributed by atoms with Gasteiger partial charge in [-0.15, -0.1) is 25.6 Å². The Labute approximate surface area is 234 Å². The van der Waals surface area contributed by atoms with Gasteiger partial charge in [0.15, 0.2) is 11.6 Å². The van der Waals surface area contributed by atoms with Crippen LogP contribution >= 0.6 is 12.4 Å². The van der Waals surface area contributed by atoms with Gasteiger partial charge in [0.2, 0.25) is 5.91 Å². The lowest BCUT2D eigenvalue weighted by Gasteiger charge is -2.34. The fraction of sp³-hybridized carbons (Fsp3) is 0.429. The van der Waals surface area contributed by atoms with Crippen LogP contribution in [0.4, 0.5) is 17.6 Å². The van der Waals surface area contributed by atoms with Crippen LogP contribution in [0.2, 0.25) is 0 Å². The second kappa shape index (κ2) is 12.1. The van der Waals surface area contributed by atoms with Gasteiger partial charge in [-0.3, -0.25) is 14.5 Å². The Morgan fingerprint density at radius 3 is 2.45 bits per heavy atom. The molecule has 216 valence electrons. The average molecular weight is 584 g/mol. The number of carbonyl (C=O) groups is 2. The molecule has 3 heterocycles. The smallest absolute Gasteiger partial charge is 0.481 e. The van der Waals surface area contributed by atoms with Gasteiger partial charge >= 0.3 is 12.3 Å². The molecule has 2 aliphatic rings. The van der Waals surface area contributed by atoms with Gasteiger partial charge in [0.1, 0.15) is 0 Å². The Morgan fingerprint density at radius 1 is 1.05 bits per heavy atom. The van der Waals surface area contributed by atoms with Crippen LogP contribution in [0.15, 0.2) is 42.5 Å². The zero-order chi connectivity index (χ0) is 27.7. The van der Waals surface area contributed by atoms with Crippen LogP contribution < -0.4 is 4.74 Å². The Balaban J connectivity index is 0.00000370. The monoisotopic (exact) mass is 583 g/mol. The predicted molar refractivity (Wildman–Crippen MR) is 142 cm³/mol. The topological polar surface area (TPSA) is 75.0 Å². The third-order valence-electron chi connectivity index (χ3n) is 7.61. The zero-order valence-electron chi connectivity index (χ0n) is 21.6. The van der Waals surface area contributed by atoms with Crippen LogP contribution in [-0.4, -0.2) is 63.9 Å². The molecule has 1 saturated heterocycles. The fourth-order valence-electron chi connectivity index (χ4n) is 5.71. The lowest BCUT2D eigenvalue weighted by atomic mass is 9.93. The molecule has 0 atom stereocenters. The van der Waals surface area contributed by atoms with Crippen molar-refractivity contribution in [3.63, 3.8) is 0 Å². The third kappa shape index (κ3) is 6.69. The highest BCUT2D eigenvalue weighted by Crippen LogP contribution is 2.33. The number of carbonyl (C=O) groups excluding carboxylic acids is 1. The molecule has 0 saturated carbocycles. The van der Waals surface area contributed by atoms with E-state index < -0.39 is 23.9 Å². The van der Waals surface area contributed by atoms with Gasteiger partial charge in [-0.1, -0.05) is 24.3 Å². The molecule has 0 unspecified atom stereocenters. The van der Waals surface area contributed by atoms with Gasteiger partial charge in [-0.2, -0.15) is 0 Å². The molecule has 12 heteroatoms. The molecule has 2 aromatic carbocycles. The summed E-state index contributed by atoms with van der Waals surface area (Å²) in [7, 11) is 0. The molecule has 0 spiro atoms. The fourth-order valence-corrected chi connectivity index (χ4v) is 5.71. The predicted octanol–water partition coefficient (Wildman–Crippen LogP) is 5.22. The Bertz CT molecular complexity index is 1390. The van der Waals surface area contributed by atoms with Crippen molar-refractivity contribution in [2.45, 2.75) is 45.1 Å². The van der Waals surface area contributed by atoms with E-state index in [-0.39, 0.29) is 43.7 Å². The van der Waals surface area contributed by atoms with Crippen LogP contribution in [0, 0.1) is 11.7 Å². The number of halogens is 5. The highest BCUT2D eigenvalue weighted by atomic mass is 35.5. The van der Waals surface area contributed by atoms with E-state index in [4.69, 9.17) is 5.11 Å². The molecule has 0 aliphatic carbocycles. The SMILES string of the molecule is Cl.O=C(O)CC1CCN(CC(=O)N2CCc3c(n(Cc4ccc(OC(F)(F)F)c(F)c4)c4ccccc34)C2)CC1. The molecule has 5 rings (SSSR count). The maximum absolute atomic E-state index is 14.4. The van der Waals surface area contributed by atoms with E-state index in [9.17, 15) is 27.2 Å². The molecular formula is C28H30ClF4N3O4. The number of aliphatic carboxylic acids is 1. The van der Waals surface area contributed by atoms with E-state index in [1.165, 1.54) is 6.07 Å². The first-order chi connectivity index (χ1) is 18.6. The first-order valence-electron chi connectivity index (χ1n) is 12.9. The molecule has 40 heavy (non-hydrogen) atoms. The largest absolute Gasteiger partial charge is 0.573 e. The average Bonchev–Trinajstić information content (AvgIpc) is 3.19. The summed E-state index contributed by atoms with van der Waals surface area (Å²) in [6.45, 7) is 2.79. The van der Waals surface area contributed by atoms with Crippen molar-refractivity contribution in [1.82, 2.24) is 14.4 Å². The van der Waals surface area contributed by atoms with Crippen molar-refractivity contribution in [3.8, 4) is 5.75 Å². The highest BCUT2D eigenvalue weighted by Gasteiger charge is 2.33. The van der Waals surface area contributed by atoms with Crippen molar-refractivity contribution in [2.24, 2.45) is 5.92 Å². The van der Waals surface area contributed by atoms with Crippen LogP contribution in [0.3, 0.4) is 0 Å². The van der Waals surface area contributed by atoms with Gasteiger partial charge in [-0.05, 0) is 67.6 Å². The minimum absolute atomic E-state index is 0. The minimum atomic E-state index is -4.98. The van der Waals surface area contributed by atoms with Gasteiger partial charge in [0, 0.05) is 36.1 Å². The van der Waals surface area contributed by atoms with E-state index in [0.29, 0.717) is 38.2 Å². The number of rotatable bonds is 7. The summed E-state index contributed by atoms with van der Waals surface area (Å²) in [5.41, 5.74) is 3.42. The van der Waals surface area contributed by atoms with Crippen molar-refractivity contribution >= 4 is 35.2 Å². The summed E-state index contributed by atoms with van der Waals surface area (Å²) in [6, 6.07) is 11.2. The van der Waals surface area contributed by atoms with Gasteiger partial charge in [0.05, 0.1) is 13.1 Å². The van der Waals surface area contributed by atoms with Crippen molar-refractivity contribution < 1.29 is 37.0 Å². The van der Waals surface area contributed by atoms with Crippen LogP contribution in [0.5, 0.6) is 5.75 Å². The molecule has 7 nitrogen and oxygen atoms in total.